The zero-order valence-corrected chi connectivity index (χ0v) is 11.3. The van der Waals surface area contributed by atoms with Crippen molar-refractivity contribution in [2.45, 2.75) is 30.7 Å². The van der Waals surface area contributed by atoms with Crippen LogP contribution >= 0.6 is 0 Å². The van der Waals surface area contributed by atoms with Gasteiger partial charge in [-0.25, -0.2) is 13.1 Å². The van der Waals surface area contributed by atoms with Crippen molar-refractivity contribution in [2.24, 2.45) is 18.9 Å². The van der Waals surface area contributed by atoms with Crippen molar-refractivity contribution in [2.75, 3.05) is 13.1 Å². The number of sulfonamides is 1. The van der Waals surface area contributed by atoms with Crippen molar-refractivity contribution in [3.05, 3.63) is 6.20 Å². The molecule has 0 aliphatic heterocycles. The van der Waals surface area contributed by atoms with Gasteiger partial charge in [0.15, 0.2) is 5.03 Å². The first-order valence-corrected chi connectivity index (χ1v) is 7.86. The molecule has 6 nitrogen and oxygen atoms in total. The van der Waals surface area contributed by atoms with Crippen LogP contribution in [0.25, 0.3) is 0 Å². The molecule has 0 N–H and O–H groups in total. The second-order valence-electron chi connectivity index (χ2n) is 5.40. The van der Waals surface area contributed by atoms with E-state index in [0.717, 1.165) is 25.7 Å². The first-order valence-electron chi connectivity index (χ1n) is 6.42. The molecule has 0 unspecified atom stereocenters. The van der Waals surface area contributed by atoms with Gasteiger partial charge in [-0.2, -0.15) is 4.31 Å². The van der Waals surface area contributed by atoms with Crippen LogP contribution in [-0.4, -0.2) is 40.8 Å². The van der Waals surface area contributed by atoms with E-state index in [-0.39, 0.29) is 5.03 Å². The molecule has 7 heteroatoms. The van der Waals surface area contributed by atoms with Gasteiger partial charge < -0.3 is 0 Å². The lowest BCUT2D eigenvalue weighted by Gasteiger charge is -2.21. The first kappa shape index (κ1) is 12.1. The molecule has 2 aliphatic carbocycles. The van der Waals surface area contributed by atoms with Gasteiger partial charge in [0, 0.05) is 20.1 Å². The van der Waals surface area contributed by atoms with Crippen LogP contribution in [0.15, 0.2) is 11.2 Å². The molecule has 1 heterocycles. The van der Waals surface area contributed by atoms with Gasteiger partial charge in [0.2, 0.25) is 0 Å². The van der Waals surface area contributed by atoms with Crippen molar-refractivity contribution in [1.29, 1.82) is 0 Å². The Bertz CT molecular complexity index is 517. The Hall–Kier alpha value is -0.950. The lowest BCUT2D eigenvalue weighted by Crippen LogP contribution is -2.35. The van der Waals surface area contributed by atoms with E-state index in [1.807, 2.05) is 0 Å². The summed E-state index contributed by atoms with van der Waals surface area (Å²) >= 11 is 0. The van der Waals surface area contributed by atoms with Crippen LogP contribution in [0.1, 0.15) is 25.7 Å². The maximum atomic E-state index is 12.6. The van der Waals surface area contributed by atoms with Gasteiger partial charge in [0.05, 0.1) is 6.20 Å². The zero-order chi connectivity index (χ0) is 12.8. The Kier molecular flexibility index (Phi) is 2.90. The predicted octanol–water partition coefficient (Wildman–Crippen LogP) is 0.626. The summed E-state index contributed by atoms with van der Waals surface area (Å²) in [4.78, 5) is 0. The second-order valence-corrected chi connectivity index (χ2v) is 7.29. The molecule has 0 radical (unpaired) electrons. The summed E-state index contributed by atoms with van der Waals surface area (Å²) in [6, 6.07) is 0. The van der Waals surface area contributed by atoms with E-state index in [1.54, 1.807) is 11.4 Å². The number of rotatable bonds is 6. The van der Waals surface area contributed by atoms with Crippen LogP contribution in [0, 0.1) is 11.8 Å². The molecular formula is C11H18N4O2S. The van der Waals surface area contributed by atoms with E-state index in [2.05, 4.69) is 10.3 Å². The van der Waals surface area contributed by atoms with Crippen molar-refractivity contribution in [3.8, 4) is 0 Å². The molecule has 2 aliphatic rings. The fraction of sp³-hybridized carbons (Fsp3) is 0.818. The van der Waals surface area contributed by atoms with Crippen LogP contribution in [-0.2, 0) is 17.1 Å². The maximum absolute atomic E-state index is 12.6. The fourth-order valence-electron chi connectivity index (χ4n) is 2.09. The Balaban J connectivity index is 1.84. The smallest absolute Gasteiger partial charge is 0.236 e. The molecule has 2 fully saturated rings. The Morgan fingerprint density at radius 1 is 1.28 bits per heavy atom. The number of nitrogens with zero attached hydrogens (tertiary/aromatic N) is 4. The third-order valence-electron chi connectivity index (χ3n) is 3.59. The third kappa shape index (κ3) is 2.42. The molecule has 100 valence electrons. The normalized spacial score (nSPS) is 20.6. The van der Waals surface area contributed by atoms with Gasteiger partial charge in [-0.15, -0.1) is 5.10 Å². The topological polar surface area (TPSA) is 68.1 Å². The van der Waals surface area contributed by atoms with Crippen molar-refractivity contribution >= 4 is 10.0 Å². The number of aromatic nitrogens is 3. The molecule has 3 rings (SSSR count). The largest absolute Gasteiger partial charge is 0.261 e. The van der Waals surface area contributed by atoms with Gasteiger partial charge in [-0.3, -0.25) is 0 Å². The molecule has 18 heavy (non-hydrogen) atoms. The maximum Gasteiger partial charge on any atom is 0.261 e. The molecule has 1 aromatic heterocycles. The van der Waals surface area contributed by atoms with E-state index < -0.39 is 10.0 Å². The van der Waals surface area contributed by atoms with Gasteiger partial charge in [-0.1, -0.05) is 5.21 Å². The minimum atomic E-state index is -3.43. The van der Waals surface area contributed by atoms with Crippen LogP contribution in [0.2, 0.25) is 0 Å². The van der Waals surface area contributed by atoms with Gasteiger partial charge in [-0.05, 0) is 37.5 Å². The van der Waals surface area contributed by atoms with Crippen LogP contribution in [0.3, 0.4) is 0 Å². The average molecular weight is 270 g/mol. The summed E-state index contributed by atoms with van der Waals surface area (Å²) in [5.41, 5.74) is 0. The molecule has 0 atom stereocenters. The number of aryl methyl sites for hydroxylation is 1. The summed E-state index contributed by atoms with van der Waals surface area (Å²) in [7, 11) is -1.81. The SMILES string of the molecule is Cn1nncc1S(=O)(=O)N(CC1CC1)CC1CC1. The first-order chi connectivity index (χ1) is 8.57. The summed E-state index contributed by atoms with van der Waals surface area (Å²) < 4.78 is 28.1. The quantitative estimate of drug-likeness (QED) is 0.760. The highest BCUT2D eigenvalue weighted by Gasteiger charge is 2.36. The summed E-state index contributed by atoms with van der Waals surface area (Å²) in [6.45, 7) is 1.31. The van der Waals surface area contributed by atoms with Crippen molar-refractivity contribution < 1.29 is 8.42 Å². The lowest BCUT2D eigenvalue weighted by molar-refractivity contribution is 0.378. The molecule has 0 bridgehead atoms. The fourth-order valence-corrected chi connectivity index (χ4v) is 3.72. The average Bonchev–Trinajstić information content (AvgIpc) is 3.21. The third-order valence-corrected chi connectivity index (χ3v) is 5.47. The van der Waals surface area contributed by atoms with Crippen molar-refractivity contribution in [1.82, 2.24) is 19.3 Å². The van der Waals surface area contributed by atoms with Gasteiger partial charge >= 0.3 is 0 Å². The van der Waals surface area contributed by atoms with Crippen LogP contribution in [0.5, 0.6) is 0 Å². The minimum Gasteiger partial charge on any atom is -0.236 e. The number of hydrogen-bond donors (Lipinski definition) is 0. The van der Waals surface area contributed by atoms with E-state index in [0.29, 0.717) is 24.9 Å². The Morgan fingerprint density at radius 3 is 2.22 bits per heavy atom. The molecular weight excluding hydrogens is 252 g/mol. The van der Waals surface area contributed by atoms with Crippen molar-refractivity contribution in [3.63, 3.8) is 0 Å². The molecule has 1 aromatic rings. The molecule has 0 spiro atoms. The highest BCUT2D eigenvalue weighted by atomic mass is 32.2. The van der Waals surface area contributed by atoms with E-state index >= 15 is 0 Å². The standard InChI is InChI=1S/C11H18N4O2S/c1-14-11(6-12-13-14)18(16,17)15(7-9-2-3-9)8-10-4-5-10/h6,9-10H,2-5,7-8H2,1H3. The molecule has 0 saturated heterocycles. The summed E-state index contributed by atoms with van der Waals surface area (Å²) in [5, 5.41) is 7.58. The highest BCUT2D eigenvalue weighted by molar-refractivity contribution is 7.89. The van der Waals surface area contributed by atoms with Gasteiger partial charge in [0.1, 0.15) is 0 Å². The highest BCUT2D eigenvalue weighted by Crippen LogP contribution is 2.35. The van der Waals surface area contributed by atoms with Crippen LogP contribution < -0.4 is 0 Å². The van der Waals surface area contributed by atoms with Crippen LogP contribution in [0.4, 0.5) is 0 Å². The Labute approximate surface area is 107 Å². The minimum absolute atomic E-state index is 0.198. The van der Waals surface area contributed by atoms with E-state index in [9.17, 15) is 8.42 Å². The Morgan fingerprint density at radius 2 is 1.83 bits per heavy atom. The summed E-state index contributed by atoms with van der Waals surface area (Å²) in [5.74, 6) is 1.11. The second kappa shape index (κ2) is 4.31. The molecule has 0 amide bonds. The number of hydrogen-bond acceptors (Lipinski definition) is 4. The summed E-state index contributed by atoms with van der Waals surface area (Å²) in [6.07, 6.45) is 5.95. The predicted molar refractivity (Wildman–Crippen MR) is 65.2 cm³/mol. The molecule has 0 aromatic carbocycles. The van der Waals surface area contributed by atoms with E-state index in [4.69, 9.17) is 0 Å². The van der Waals surface area contributed by atoms with Gasteiger partial charge in [0.25, 0.3) is 10.0 Å². The lowest BCUT2D eigenvalue weighted by atomic mass is 10.4. The zero-order valence-electron chi connectivity index (χ0n) is 10.5. The monoisotopic (exact) mass is 270 g/mol. The van der Waals surface area contributed by atoms with E-state index in [1.165, 1.54) is 10.9 Å². The molecule has 2 saturated carbocycles.